The van der Waals surface area contributed by atoms with Gasteiger partial charge in [-0.1, -0.05) is 12.1 Å². The molecule has 1 atom stereocenters. The van der Waals surface area contributed by atoms with E-state index in [0.29, 0.717) is 6.07 Å². The Labute approximate surface area is 222 Å². The van der Waals surface area contributed by atoms with Gasteiger partial charge in [0.15, 0.2) is 0 Å². The van der Waals surface area contributed by atoms with Crippen molar-refractivity contribution in [1.29, 1.82) is 0 Å². The predicted octanol–water partition coefficient (Wildman–Crippen LogP) is 4.87. The Hall–Kier alpha value is -4.00. The molecular formula is C26H26F3N3O6S. The standard InChI is InChI=1S/C26H26F3N3O6S/c1-25(2,3)38-24(34)30-18-10-11-22-21(14-18)32(16-19(37-22)15-31-12-5-4-9-23(31)33)39(35,36)20-8-6-7-17(13-20)26(27,28)29/h4-14,19H,15-16H2,1-3H3,(H,30,34)/t19-/m0/s1. The van der Waals surface area contributed by atoms with E-state index in [1.165, 1.54) is 35.0 Å². The van der Waals surface area contributed by atoms with Crippen molar-refractivity contribution in [3.8, 4) is 5.75 Å². The maximum atomic E-state index is 13.7. The molecule has 1 aromatic heterocycles. The summed E-state index contributed by atoms with van der Waals surface area (Å²) in [4.78, 5) is 23.9. The zero-order chi connectivity index (χ0) is 28.6. The van der Waals surface area contributed by atoms with Crippen molar-refractivity contribution < 1.29 is 35.9 Å². The number of nitrogens with one attached hydrogen (secondary N) is 1. The summed E-state index contributed by atoms with van der Waals surface area (Å²) in [7, 11) is -4.55. The lowest BCUT2D eigenvalue weighted by molar-refractivity contribution is -0.137. The lowest BCUT2D eigenvalue weighted by Gasteiger charge is -2.36. The third-order valence-electron chi connectivity index (χ3n) is 5.58. The number of anilines is 2. The van der Waals surface area contributed by atoms with E-state index in [9.17, 15) is 31.2 Å². The molecular weight excluding hydrogens is 539 g/mol. The van der Waals surface area contributed by atoms with Crippen LogP contribution in [-0.4, -0.2) is 37.3 Å². The molecule has 0 saturated heterocycles. The number of alkyl halides is 3. The third kappa shape index (κ3) is 6.53. The number of hydrogen-bond donors (Lipinski definition) is 1. The molecule has 0 aliphatic carbocycles. The molecule has 1 aliphatic rings. The van der Waals surface area contributed by atoms with Gasteiger partial charge in [-0.2, -0.15) is 13.2 Å². The molecule has 0 spiro atoms. The molecule has 0 radical (unpaired) electrons. The molecule has 2 heterocycles. The molecule has 39 heavy (non-hydrogen) atoms. The topological polar surface area (TPSA) is 107 Å². The van der Waals surface area contributed by atoms with Crippen LogP contribution in [0.1, 0.15) is 26.3 Å². The minimum Gasteiger partial charge on any atom is -0.484 e. The number of hydrogen-bond acceptors (Lipinski definition) is 6. The molecule has 4 rings (SSSR count). The summed E-state index contributed by atoms with van der Waals surface area (Å²) in [5.41, 5.74) is -2.07. The molecule has 0 bridgehead atoms. The summed E-state index contributed by atoms with van der Waals surface area (Å²) in [6.45, 7) is 4.69. The van der Waals surface area contributed by atoms with Crippen LogP contribution < -0.4 is 19.9 Å². The first kappa shape index (κ1) is 28.0. The van der Waals surface area contributed by atoms with Gasteiger partial charge in [-0.05, 0) is 63.2 Å². The summed E-state index contributed by atoms with van der Waals surface area (Å²) >= 11 is 0. The van der Waals surface area contributed by atoms with Crippen LogP contribution in [0.2, 0.25) is 0 Å². The number of carbonyl (C=O) groups is 1. The summed E-state index contributed by atoms with van der Waals surface area (Å²) < 4.78 is 81.0. The molecule has 2 aromatic carbocycles. The number of rotatable bonds is 5. The fraction of sp³-hybridized carbons (Fsp3) is 0.308. The minimum atomic E-state index is -4.75. The number of ether oxygens (including phenoxy) is 2. The van der Waals surface area contributed by atoms with Crippen LogP contribution in [0.25, 0.3) is 0 Å². The Bertz CT molecular complexity index is 1550. The minimum absolute atomic E-state index is 0.00220. The van der Waals surface area contributed by atoms with E-state index >= 15 is 0 Å². The Morgan fingerprint density at radius 2 is 1.82 bits per heavy atom. The number of sulfonamides is 1. The van der Waals surface area contributed by atoms with E-state index in [-0.39, 0.29) is 35.8 Å². The highest BCUT2D eigenvalue weighted by Crippen LogP contribution is 2.40. The quantitative estimate of drug-likeness (QED) is 0.473. The highest BCUT2D eigenvalue weighted by molar-refractivity contribution is 7.92. The van der Waals surface area contributed by atoms with E-state index in [0.717, 1.165) is 22.5 Å². The first-order chi connectivity index (χ1) is 18.1. The van der Waals surface area contributed by atoms with Crippen LogP contribution in [-0.2, 0) is 27.5 Å². The van der Waals surface area contributed by atoms with Crippen LogP contribution in [0.4, 0.5) is 29.3 Å². The second kappa shape index (κ2) is 10.3. The van der Waals surface area contributed by atoms with E-state index in [4.69, 9.17) is 9.47 Å². The number of benzene rings is 2. The van der Waals surface area contributed by atoms with E-state index in [1.807, 2.05) is 0 Å². The van der Waals surface area contributed by atoms with Gasteiger partial charge in [-0.25, -0.2) is 13.2 Å². The van der Waals surface area contributed by atoms with Crippen LogP contribution in [0.3, 0.4) is 0 Å². The van der Waals surface area contributed by atoms with Gasteiger partial charge >= 0.3 is 12.3 Å². The van der Waals surface area contributed by atoms with Gasteiger partial charge in [-0.15, -0.1) is 0 Å². The fourth-order valence-corrected chi connectivity index (χ4v) is 5.47. The molecule has 208 valence electrons. The SMILES string of the molecule is CC(C)(C)OC(=O)Nc1ccc2c(c1)N(S(=O)(=O)c1cccc(C(F)(F)F)c1)C[C@H](Cn1ccccc1=O)O2. The lowest BCUT2D eigenvalue weighted by atomic mass is 10.2. The number of aromatic nitrogens is 1. The summed E-state index contributed by atoms with van der Waals surface area (Å²) in [5.74, 6) is 0.0977. The summed E-state index contributed by atoms with van der Waals surface area (Å²) in [6.07, 6.45) is -4.88. The van der Waals surface area contributed by atoms with Gasteiger partial charge in [0.05, 0.1) is 29.2 Å². The smallest absolute Gasteiger partial charge is 0.416 e. The Morgan fingerprint density at radius 1 is 1.08 bits per heavy atom. The average molecular weight is 566 g/mol. The first-order valence-electron chi connectivity index (χ1n) is 11.8. The van der Waals surface area contributed by atoms with Crippen LogP contribution in [0, 0.1) is 0 Å². The van der Waals surface area contributed by atoms with Gasteiger partial charge in [0.1, 0.15) is 17.5 Å². The third-order valence-corrected chi connectivity index (χ3v) is 7.36. The van der Waals surface area contributed by atoms with Crippen LogP contribution in [0.15, 0.2) is 76.6 Å². The van der Waals surface area contributed by atoms with Crippen molar-refractivity contribution in [1.82, 2.24) is 4.57 Å². The van der Waals surface area contributed by atoms with Crippen molar-refractivity contribution in [3.05, 3.63) is 82.8 Å². The van der Waals surface area contributed by atoms with Gasteiger partial charge in [0.2, 0.25) is 0 Å². The Balaban J connectivity index is 1.75. The maximum Gasteiger partial charge on any atom is 0.416 e. The fourth-order valence-electron chi connectivity index (χ4n) is 3.92. The van der Waals surface area contributed by atoms with Crippen molar-refractivity contribution in [2.24, 2.45) is 0 Å². The van der Waals surface area contributed by atoms with Crippen molar-refractivity contribution in [3.63, 3.8) is 0 Å². The van der Waals surface area contributed by atoms with Gasteiger partial charge < -0.3 is 14.0 Å². The maximum absolute atomic E-state index is 13.7. The molecule has 9 nitrogen and oxygen atoms in total. The number of nitrogens with zero attached hydrogens (tertiary/aromatic N) is 2. The summed E-state index contributed by atoms with van der Waals surface area (Å²) in [6, 6.07) is 12.2. The predicted molar refractivity (Wildman–Crippen MR) is 137 cm³/mol. The second-order valence-corrected chi connectivity index (χ2v) is 11.7. The zero-order valence-corrected chi connectivity index (χ0v) is 22.0. The van der Waals surface area contributed by atoms with E-state index < -0.39 is 44.5 Å². The number of pyridine rings is 1. The molecule has 0 fully saturated rings. The number of carbonyl (C=O) groups excluding carboxylic acids is 1. The zero-order valence-electron chi connectivity index (χ0n) is 21.2. The largest absolute Gasteiger partial charge is 0.484 e. The Morgan fingerprint density at radius 3 is 2.49 bits per heavy atom. The van der Waals surface area contributed by atoms with Crippen molar-refractivity contribution in [2.45, 2.75) is 50.1 Å². The molecule has 13 heteroatoms. The van der Waals surface area contributed by atoms with Crippen LogP contribution >= 0.6 is 0 Å². The number of amides is 1. The van der Waals surface area contributed by atoms with Gasteiger partial charge in [-0.3, -0.25) is 14.4 Å². The average Bonchev–Trinajstić information content (AvgIpc) is 2.83. The highest BCUT2D eigenvalue weighted by Gasteiger charge is 2.37. The Kier molecular flexibility index (Phi) is 7.39. The van der Waals surface area contributed by atoms with Crippen molar-refractivity contribution in [2.75, 3.05) is 16.2 Å². The molecule has 1 amide bonds. The number of fused-ring (bicyclic) bond motifs is 1. The van der Waals surface area contributed by atoms with Gasteiger partial charge in [0, 0.05) is 18.0 Å². The van der Waals surface area contributed by atoms with Gasteiger partial charge in [0.25, 0.3) is 15.6 Å². The first-order valence-corrected chi connectivity index (χ1v) is 13.2. The molecule has 0 unspecified atom stereocenters. The van der Waals surface area contributed by atoms with E-state index in [2.05, 4.69) is 5.32 Å². The normalized spacial score (nSPS) is 15.7. The summed E-state index contributed by atoms with van der Waals surface area (Å²) in [5, 5.41) is 2.52. The number of halogens is 3. The highest BCUT2D eigenvalue weighted by atomic mass is 32.2. The van der Waals surface area contributed by atoms with E-state index in [1.54, 1.807) is 32.9 Å². The second-order valence-electron chi connectivity index (χ2n) is 9.80. The van der Waals surface area contributed by atoms with Crippen molar-refractivity contribution >= 4 is 27.5 Å². The molecule has 1 N–H and O–H groups in total. The van der Waals surface area contributed by atoms with Crippen LogP contribution in [0.5, 0.6) is 5.75 Å². The monoisotopic (exact) mass is 565 g/mol. The molecule has 1 aliphatic heterocycles. The molecule has 3 aromatic rings. The lowest BCUT2D eigenvalue weighted by Crippen LogP contribution is -2.46. The molecule has 0 saturated carbocycles.